The minimum atomic E-state index is 0.253. The minimum absolute atomic E-state index is 0.253. The Morgan fingerprint density at radius 3 is 2.71 bits per heavy atom. The third-order valence-electron chi connectivity index (χ3n) is 5.09. The molecule has 118 valence electrons. The van der Waals surface area contributed by atoms with Gasteiger partial charge in [-0.1, -0.05) is 26.2 Å². The van der Waals surface area contributed by atoms with Crippen molar-refractivity contribution in [1.82, 2.24) is 25.1 Å². The zero-order valence-corrected chi connectivity index (χ0v) is 13.0. The number of hydrogen-bond acceptors (Lipinski definition) is 5. The molecule has 1 saturated carbocycles. The number of hydrogen-bond donors (Lipinski definition) is 1. The second-order valence-electron chi connectivity index (χ2n) is 6.43. The van der Waals surface area contributed by atoms with E-state index in [9.17, 15) is 5.11 Å². The summed E-state index contributed by atoms with van der Waals surface area (Å²) in [6.07, 6.45) is 9.51. The van der Waals surface area contributed by atoms with Crippen LogP contribution in [0.3, 0.4) is 0 Å². The van der Waals surface area contributed by atoms with Crippen LogP contribution >= 0.6 is 0 Å². The first-order valence-electron chi connectivity index (χ1n) is 8.49. The van der Waals surface area contributed by atoms with E-state index in [1.54, 1.807) is 0 Å². The fraction of sp³-hybridized carbons (Fsp3) is 0.933. The predicted molar refractivity (Wildman–Crippen MR) is 79.7 cm³/mol. The molecule has 1 aliphatic carbocycles. The van der Waals surface area contributed by atoms with Gasteiger partial charge in [-0.3, -0.25) is 4.90 Å². The van der Waals surface area contributed by atoms with Crippen molar-refractivity contribution < 1.29 is 5.11 Å². The summed E-state index contributed by atoms with van der Waals surface area (Å²) in [5.74, 6) is 1.01. The van der Waals surface area contributed by atoms with Crippen LogP contribution < -0.4 is 0 Å². The highest BCUT2D eigenvalue weighted by Crippen LogP contribution is 2.40. The van der Waals surface area contributed by atoms with Crippen LogP contribution in [-0.2, 0) is 6.54 Å². The molecule has 1 saturated heterocycles. The Kier molecular flexibility index (Phi) is 4.85. The molecule has 0 amide bonds. The molecule has 0 aromatic carbocycles. The SMILES string of the molecule is CCCCn1nnnc1[C@H]1CC[C@@H](CO)N1C1CCCC1. The molecule has 1 aromatic heterocycles. The van der Waals surface area contributed by atoms with Crippen molar-refractivity contribution in [3.8, 4) is 0 Å². The van der Waals surface area contributed by atoms with Gasteiger partial charge < -0.3 is 5.11 Å². The lowest BCUT2D eigenvalue weighted by atomic mass is 10.1. The Labute approximate surface area is 126 Å². The largest absolute Gasteiger partial charge is 0.395 e. The van der Waals surface area contributed by atoms with Crippen molar-refractivity contribution in [2.24, 2.45) is 0 Å². The van der Waals surface area contributed by atoms with Crippen LogP contribution in [0, 0.1) is 0 Å². The third-order valence-corrected chi connectivity index (χ3v) is 5.09. The highest BCUT2D eigenvalue weighted by molar-refractivity contribution is 5.03. The van der Waals surface area contributed by atoms with E-state index in [0.29, 0.717) is 6.04 Å². The van der Waals surface area contributed by atoms with Gasteiger partial charge >= 0.3 is 0 Å². The summed E-state index contributed by atoms with van der Waals surface area (Å²) in [6, 6.07) is 1.18. The highest BCUT2D eigenvalue weighted by atomic mass is 16.3. The number of unbranched alkanes of at least 4 members (excludes halogenated alkanes) is 1. The zero-order chi connectivity index (χ0) is 14.7. The smallest absolute Gasteiger partial charge is 0.168 e. The average molecular weight is 293 g/mol. The van der Waals surface area contributed by atoms with Crippen molar-refractivity contribution in [2.75, 3.05) is 6.61 Å². The number of rotatable bonds is 6. The Morgan fingerprint density at radius 2 is 2.00 bits per heavy atom. The van der Waals surface area contributed by atoms with E-state index in [1.807, 2.05) is 4.68 Å². The van der Waals surface area contributed by atoms with E-state index in [2.05, 4.69) is 27.3 Å². The molecule has 2 atom stereocenters. The average Bonchev–Trinajstić information content (AvgIpc) is 3.22. The third kappa shape index (κ3) is 2.97. The summed E-state index contributed by atoms with van der Waals surface area (Å²) < 4.78 is 1.98. The van der Waals surface area contributed by atoms with Crippen molar-refractivity contribution in [1.29, 1.82) is 0 Å². The van der Waals surface area contributed by atoms with E-state index in [0.717, 1.165) is 38.1 Å². The van der Waals surface area contributed by atoms with Crippen molar-refractivity contribution in [3.63, 3.8) is 0 Å². The van der Waals surface area contributed by atoms with E-state index >= 15 is 0 Å². The first-order chi connectivity index (χ1) is 10.3. The van der Waals surface area contributed by atoms with Gasteiger partial charge in [0.2, 0.25) is 0 Å². The summed E-state index contributed by atoms with van der Waals surface area (Å²) in [6.45, 7) is 3.34. The first kappa shape index (κ1) is 14.9. The van der Waals surface area contributed by atoms with Crippen LogP contribution in [0.4, 0.5) is 0 Å². The van der Waals surface area contributed by atoms with Gasteiger partial charge in [0.1, 0.15) is 0 Å². The molecule has 1 aliphatic heterocycles. The lowest BCUT2D eigenvalue weighted by molar-refractivity contribution is 0.0819. The number of aromatic nitrogens is 4. The molecule has 6 nitrogen and oxygen atoms in total. The topological polar surface area (TPSA) is 67.1 Å². The van der Waals surface area contributed by atoms with E-state index in [-0.39, 0.29) is 18.7 Å². The van der Waals surface area contributed by atoms with Crippen LogP contribution in [-0.4, -0.2) is 48.9 Å². The van der Waals surface area contributed by atoms with Gasteiger partial charge in [0, 0.05) is 18.6 Å². The van der Waals surface area contributed by atoms with Gasteiger partial charge in [-0.25, -0.2) is 4.68 Å². The van der Waals surface area contributed by atoms with Crippen molar-refractivity contribution in [3.05, 3.63) is 5.82 Å². The lowest BCUT2D eigenvalue weighted by Gasteiger charge is -2.34. The van der Waals surface area contributed by atoms with Gasteiger partial charge in [-0.15, -0.1) is 5.10 Å². The summed E-state index contributed by atoms with van der Waals surface area (Å²) in [5.41, 5.74) is 0. The molecule has 0 radical (unpaired) electrons. The quantitative estimate of drug-likeness (QED) is 0.868. The van der Waals surface area contributed by atoms with Crippen LogP contribution in [0.1, 0.15) is 70.2 Å². The number of aliphatic hydroxyl groups excluding tert-OH is 1. The maximum absolute atomic E-state index is 9.72. The second-order valence-corrected chi connectivity index (χ2v) is 6.43. The van der Waals surface area contributed by atoms with Crippen LogP contribution in [0.2, 0.25) is 0 Å². The van der Waals surface area contributed by atoms with E-state index in [4.69, 9.17) is 0 Å². The molecule has 1 N–H and O–H groups in total. The summed E-state index contributed by atoms with van der Waals surface area (Å²) in [5, 5.41) is 22.1. The maximum Gasteiger partial charge on any atom is 0.168 e. The lowest BCUT2D eigenvalue weighted by Crippen LogP contribution is -2.41. The summed E-state index contributed by atoms with van der Waals surface area (Å²) in [7, 11) is 0. The molecule has 1 aromatic rings. The number of nitrogens with zero attached hydrogens (tertiary/aromatic N) is 5. The van der Waals surface area contributed by atoms with Gasteiger partial charge in [-0.2, -0.15) is 0 Å². The normalized spacial score (nSPS) is 27.7. The van der Waals surface area contributed by atoms with Gasteiger partial charge in [0.25, 0.3) is 0 Å². The maximum atomic E-state index is 9.72. The van der Waals surface area contributed by atoms with Gasteiger partial charge in [0.15, 0.2) is 5.82 Å². The zero-order valence-electron chi connectivity index (χ0n) is 13.0. The molecular weight excluding hydrogens is 266 g/mol. The van der Waals surface area contributed by atoms with Crippen molar-refractivity contribution in [2.45, 2.75) is 83.0 Å². The molecule has 2 aliphatic rings. The van der Waals surface area contributed by atoms with Crippen LogP contribution in [0.15, 0.2) is 0 Å². The molecule has 3 rings (SSSR count). The molecular formula is C15H27N5O. The molecule has 2 heterocycles. The Hall–Kier alpha value is -1.01. The number of aliphatic hydroxyl groups is 1. The number of likely N-dealkylation sites (tertiary alicyclic amines) is 1. The fourth-order valence-electron chi connectivity index (χ4n) is 4.02. The molecule has 6 heteroatoms. The molecule has 0 bridgehead atoms. The summed E-state index contributed by atoms with van der Waals surface area (Å²) >= 11 is 0. The molecule has 2 fully saturated rings. The monoisotopic (exact) mass is 293 g/mol. The molecule has 0 spiro atoms. The first-order valence-corrected chi connectivity index (χ1v) is 8.49. The fourth-order valence-corrected chi connectivity index (χ4v) is 4.02. The van der Waals surface area contributed by atoms with Crippen molar-refractivity contribution >= 4 is 0 Å². The highest BCUT2D eigenvalue weighted by Gasteiger charge is 2.41. The minimum Gasteiger partial charge on any atom is -0.395 e. The summed E-state index contributed by atoms with van der Waals surface area (Å²) in [4.78, 5) is 2.53. The number of aryl methyl sites for hydroxylation is 1. The van der Waals surface area contributed by atoms with Crippen LogP contribution in [0.5, 0.6) is 0 Å². The van der Waals surface area contributed by atoms with E-state index < -0.39 is 0 Å². The van der Waals surface area contributed by atoms with Gasteiger partial charge in [-0.05, 0) is 42.5 Å². The van der Waals surface area contributed by atoms with Crippen LogP contribution in [0.25, 0.3) is 0 Å². The predicted octanol–water partition coefficient (Wildman–Crippen LogP) is 1.91. The second kappa shape index (κ2) is 6.83. The Bertz CT molecular complexity index is 443. The Balaban J connectivity index is 1.80. The van der Waals surface area contributed by atoms with Gasteiger partial charge in [0.05, 0.1) is 12.6 Å². The molecule has 21 heavy (non-hydrogen) atoms. The standard InChI is InChI=1S/C15H27N5O/c1-2-3-10-19-15(16-17-18-19)14-9-8-13(11-21)20(14)12-6-4-5-7-12/h12-14,21H,2-11H2,1H3/t13-,14+/m0/s1. The Morgan fingerprint density at radius 1 is 1.19 bits per heavy atom. The molecule has 0 unspecified atom stereocenters. The number of tetrazole rings is 1. The van der Waals surface area contributed by atoms with E-state index in [1.165, 1.54) is 25.7 Å².